The van der Waals surface area contributed by atoms with E-state index in [1.165, 1.54) is 5.56 Å². The van der Waals surface area contributed by atoms with Crippen LogP contribution < -0.4 is 10.1 Å². The third kappa shape index (κ3) is 2.97. The fourth-order valence-electron chi connectivity index (χ4n) is 2.69. The molecule has 1 saturated heterocycles. The Kier molecular flexibility index (Phi) is 4.24. The molecule has 0 bridgehead atoms. The van der Waals surface area contributed by atoms with E-state index in [2.05, 4.69) is 29.6 Å². The molecule has 0 aliphatic carbocycles. The summed E-state index contributed by atoms with van der Waals surface area (Å²) in [7, 11) is 0. The highest BCUT2D eigenvalue weighted by Gasteiger charge is 2.28. The molecule has 2 aromatic carbocycles. The lowest BCUT2D eigenvalue weighted by Gasteiger charge is -2.25. The maximum absolute atomic E-state index is 6.24. The monoisotopic (exact) mass is 287 g/mol. The van der Waals surface area contributed by atoms with Gasteiger partial charge in [-0.25, -0.2) is 0 Å². The van der Waals surface area contributed by atoms with Crippen molar-refractivity contribution in [1.82, 2.24) is 5.32 Å². The molecule has 3 rings (SSSR count). The number of benzene rings is 2. The molecule has 0 unspecified atom stereocenters. The Balaban J connectivity index is 1.88. The van der Waals surface area contributed by atoms with Crippen molar-refractivity contribution in [3.63, 3.8) is 0 Å². The Morgan fingerprint density at radius 2 is 1.80 bits per heavy atom. The first kappa shape index (κ1) is 13.5. The fraction of sp³-hybridized carbons (Fsp3) is 0.294. The molecule has 1 N–H and O–H groups in total. The molecule has 1 aliphatic rings. The number of ether oxygens (including phenoxy) is 1. The molecule has 20 heavy (non-hydrogen) atoms. The van der Waals surface area contributed by atoms with Crippen molar-refractivity contribution in [2.24, 2.45) is 5.92 Å². The lowest BCUT2D eigenvalue weighted by atomic mass is 9.95. The molecule has 3 heteroatoms. The van der Waals surface area contributed by atoms with E-state index in [-0.39, 0.29) is 6.10 Å². The quantitative estimate of drug-likeness (QED) is 0.915. The first-order chi connectivity index (χ1) is 9.84. The van der Waals surface area contributed by atoms with Crippen LogP contribution in [0.5, 0.6) is 5.75 Å². The van der Waals surface area contributed by atoms with Gasteiger partial charge in [-0.1, -0.05) is 54.1 Å². The van der Waals surface area contributed by atoms with Crippen LogP contribution in [0.25, 0.3) is 0 Å². The van der Waals surface area contributed by atoms with Crippen LogP contribution in [0, 0.1) is 5.92 Å². The van der Waals surface area contributed by atoms with Crippen molar-refractivity contribution >= 4 is 11.6 Å². The van der Waals surface area contributed by atoms with E-state index >= 15 is 0 Å². The molecule has 0 radical (unpaired) electrons. The van der Waals surface area contributed by atoms with Crippen molar-refractivity contribution in [2.75, 3.05) is 13.1 Å². The van der Waals surface area contributed by atoms with E-state index in [9.17, 15) is 0 Å². The van der Waals surface area contributed by atoms with Crippen molar-refractivity contribution in [2.45, 2.75) is 12.5 Å². The number of halogens is 1. The minimum Gasteiger partial charge on any atom is -0.484 e. The maximum atomic E-state index is 6.24. The summed E-state index contributed by atoms with van der Waals surface area (Å²) >= 11 is 6.22. The number of hydrogen-bond donors (Lipinski definition) is 1. The molecule has 1 heterocycles. The lowest BCUT2D eigenvalue weighted by Crippen LogP contribution is -2.21. The van der Waals surface area contributed by atoms with E-state index in [0.717, 1.165) is 25.3 Å². The van der Waals surface area contributed by atoms with Gasteiger partial charge in [0.1, 0.15) is 11.9 Å². The normalized spacial score (nSPS) is 19.8. The number of para-hydroxylation sites is 1. The first-order valence-electron chi connectivity index (χ1n) is 7.01. The summed E-state index contributed by atoms with van der Waals surface area (Å²) in [5, 5.41) is 4.08. The van der Waals surface area contributed by atoms with Crippen LogP contribution >= 0.6 is 11.6 Å². The highest BCUT2D eigenvalue weighted by molar-refractivity contribution is 6.32. The smallest absolute Gasteiger partial charge is 0.138 e. The van der Waals surface area contributed by atoms with Crippen LogP contribution in [0.3, 0.4) is 0 Å². The predicted molar refractivity (Wildman–Crippen MR) is 82.2 cm³/mol. The summed E-state index contributed by atoms with van der Waals surface area (Å²) < 4.78 is 6.24. The van der Waals surface area contributed by atoms with Gasteiger partial charge in [0.2, 0.25) is 0 Å². The molecule has 0 spiro atoms. The third-order valence-corrected chi connectivity index (χ3v) is 4.06. The third-order valence-electron chi connectivity index (χ3n) is 3.75. The molecule has 2 atom stereocenters. The Hall–Kier alpha value is -1.51. The van der Waals surface area contributed by atoms with E-state index in [1.807, 2.05) is 30.3 Å². The summed E-state index contributed by atoms with van der Waals surface area (Å²) in [4.78, 5) is 0. The van der Waals surface area contributed by atoms with Crippen molar-refractivity contribution in [3.05, 3.63) is 65.2 Å². The molecule has 0 aromatic heterocycles. The molecule has 1 aliphatic heterocycles. The highest BCUT2D eigenvalue weighted by atomic mass is 35.5. The Labute approximate surface area is 124 Å². The van der Waals surface area contributed by atoms with Gasteiger partial charge in [-0.2, -0.15) is 0 Å². The second kappa shape index (κ2) is 6.29. The van der Waals surface area contributed by atoms with Gasteiger partial charge >= 0.3 is 0 Å². The number of nitrogens with one attached hydrogen (secondary N) is 1. The average Bonchev–Trinajstić information content (AvgIpc) is 3.01. The predicted octanol–water partition coefficient (Wildman–Crippen LogP) is 4.07. The first-order valence-corrected chi connectivity index (χ1v) is 7.39. The standard InChI is InChI=1S/C17H18ClNO/c18-15-8-4-5-9-16(15)20-17(14-10-11-19-12-14)13-6-2-1-3-7-13/h1-9,14,17,19H,10-12H2/t14-,17-/m0/s1. The molecule has 1 fully saturated rings. The molecule has 0 amide bonds. The zero-order valence-corrected chi connectivity index (χ0v) is 12.0. The lowest BCUT2D eigenvalue weighted by molar-refractivity contribution is 0.144. The van der Waals surface area contributed by atoms with Crippen molar-refractivity contribution in [3.8, 4) is 5.75 Å². The molecular formula is C17H18ClNO. The molecule has 2 aromatic rings. The van der Waals surface area contributed by atoms with Crippen LogP contribution in [0.15, 0.2) is 54.6 Å². The summed E-state index contributed by atoms with van der Waals surface area (Å²) in [5.41, 5.74) is 1.21. The second-order valence-electron chi connectivity index (χ2n) is 5.13. The summed E-state index contributed by atoms with van der Waals surface area (Å²) in [5.74, 6) is 1.24. The van der Waals surface area contributed by atoms with Gasteiger partial charge in [-0.15, -0.1) is 0 Å². The topological polar surface area (TPSA) is 21.3 Å². The SMILES string of the molecule is Clc1ccccc1O[C@@H](c1ccccc1)[C@H]1CCNC1. The Bertz CT molecular complexity index is 552. The van der Waals surface area contributed by atoms with Crippen LogP contribution in [0.2, 0.25) is 5.02 Å². The fourth-order valence-corrected chi connectivity index (χ4v) is 2.87. The van der Waals surface area contributed by atoms with Crippen LogP contribution in [0.1, 0.15) is 18.1 Å². The Morgan fingerprint density at radius 3 is 2.50 bits per heavy atom. The van der Waals surface area contributed by atoms with Gasteiger partial charge in [-0.05, 0) is 30.7 Å². The van der Waals surface area contributed by atoms with Gasteiger partial charge in [0.05, 0.1) is 5.02 Å². The van der Waals surface area contributed by atoms with Crippen LogP contribution in [-0.4, -0.2) is 13.1 Å². The molecular weight excluding hydrogens is 270 g/mol. The van der Waals surface area contributed by atoms with Gasteiger partial charge in [0.15, 0.2) is 0 Å². The van der Waals surface area contributed by atoms with E-state index in [4.69, 9.17) is 16.3 Å². The van der Waals surface area contributed by atoms with E-state index in [1.54, 1.807) is 0 Å². The second-order valence-corrected chi connectivity index (χ2v) is 5.54. The number of rotatable bonds is 4. The average molecular weight is 288 g/mol. The van der Waals surface area contributed by atoms with Gasteiger partial charge < -0.3 is 10.1 Å². The zero-order chi connectivity index (χ0) is 13.8. The molecule has 0 saturated carbocycles. The Morgan fingerprint density at radius 1 is 1.05 bits per heavy atom. The zero-order valence-electron chi connectivity index (χ0n) is 11.3. The van der Waals surface area contributed by atoms with Gasteiger partial charge in [-0.3, -0.25) is 0 Å². The van der Waals surface area contributed by atoms with Crippen molar-refractivity contribution in [1.29, 1.82) is 0 Å². The van der Waals surface area contributed by atoms with E-state index in [0.29, 0.717) is 10.9 Å². The number of hydrogen-bond acceptors (Lipinski definition) is 2. The highest BCUT2D eigenvalue weighted by Crippen LogP contribution is 2.34. The minimum absolute atomic E-state index is 0.0473. The van der Waals surface area contributed by atoms with Crippen molar-refractivity contribution < 1.29 is 4.74 Å². The largest absolute Gasteiger partial charge is 0.484 e. The van der Waals surface area contributed by atoms with Crippen LogP contribution in [-0.2, 0) is 0 Å². The van der Waals surface area contributed by atoms with Gasteiger partial charge in [0.25, 0.3) is 0 Å². The van der Waals surface area contributed by atoms with Gasteiger partial charge in [0, 0.05) is 12.5 Å². The summed E-state index contributed by atoms with van der Waals surface area (Å²) in [6.07, 6.45) is 1.18. The summed E-state index contributed by atoms with van der Waals surface area (Å²) in [6.45, 7) is 2.05. The molecule has 104 valence electrons. The minimum atomic E-state index is 0.0473. The summed E-state index contributed by atoms with van der Waals surface area (Å²) in [6, 6.07) is 18.1. The maximum Gasteiger partial charge on any atom is 0.138 e. The molecule has 2 nitrogen and oxygen atoms in total. The van der Waals surface area contributed by atoms with E-state index < -0.39 is 0 Å². The van der Waals surface area contributed by atoms with Crippen LogP contribution in [0.4, 0.5) is 0 Å².